The number of benzene rings is 1. The molecule has 0 heterocycles. The van der Waals surface area contributed by atoms with Crippen molar-refractivity contribution < 1.29 is 4.74 Å². The maximum absolute atomic E-state index is 5.38. The van der Waals surface area contributed by atoms with Crippen LogP contribution in [0.5, 0.6) is 5.75 Å². The lowest BCUT2D eigenvalue weighted by Crippen LogP contribution is -2.16. The lowest BCUT2D eigenvalue weighted by atomic mass is 10.00. The first-order valence-corrected chi connectivity index (χ1v) is 6.01. The Balaban J connectivity index is 3.16. The summed E-state index contributed by atoms with van der Waals surface area (Å²) in [5.41, 5.74) is 2.44. The van der Waals surface area contributed by atoms with Gasteiger partial charge in [-0.05, 0) is 37.7 Å². The highest BCUT2D eigenvalue weighted by molar-refractivity contribution is 7.80. The fraction of sp³-hybridized carbons (Fsp3) is 0.538. The van der Waals surface area contributed by atoms with Gasteiger partial charge in [-0.15, -0.1) is 0 Å². The Morgan fingerprint density at radius 1 is 1.25 bits per heavy atom. The molecule has 1 aromatic rings. The van der Waals surface area contributed by atoms with Gasteiger partial charge in [0.25, 0.3) is 0 Å². The van der Waals surface area contributed by atoms with Crippen LogP contribution in [0.15, 0.2) is 18.2 Å². The standard InChI is InChI=1S/C13H21NOS/c1-9(2)10-6-7-12(15-5)11(8-10)13(16)14(3)4/h6-9,13,16H,1-5H3. The molecule has 0 aliphatic carbocycles. The van der Waals surface area contributed by atoms with E-state index in [9.17, 15) is 0 Å². The molecule has 1 atom stereocenters. The van der Waals surface area contributed by atoms with E-state index in [2.05, 4.69) is 43.5 Å². The first kappa shape index (κ1) is 13.4. The van der Waals surface area contributed by atoms with E-state index >= 15 is 0 Å². The second kappa shape index (κ2) is 5.60. The van der Waals surface area contributed by atoms with Crippen LogP contribution in [0, 0.1) is 0 Å². The lowest BCUT2D eigenvalue weighted by Gasteiger charge is -2.22. The van der Waals surface area contributed by atoms with E-state index in [4.69, 9.17) is 4.74 Å². The number of thiol groups is 1. The molecular weight excluding hydrogens is 218 g/mol. The molecule has 1 aromatic carbocycles. The lowest BCUT2D eigenvalue weighted by molar-refractivity contribution is 0.366. The predicted molar refractivity (Wildman–Crippen MR) is 72.5 cm³/mol. The summed E-state index contributed by atoms with van der Waals surface area (Å²) in [5, 5.41) is 0.0636. The zero-order valence-electron chi connectivity index (χ0n) is 10.7. The first-order valence-electron chi connectivity index (χ1n) is 5.49. The molecule has 1 rings (SSSR count). The maximum Gasteiger partial charge on any atom is 0.124 e. The van der Waals surface area contributed by atoms with E-state index in [1.54, 1.807) is 7.11 Å². The average molecular weight is 239 g/mol. The van der Waals surface area contributed by atoms with Crippen LogP contribution in [0.1, 0.15) is 36.3 Å². The van der Waals surface area contributed by atoms with Gasteiger partial charge in [0.1, 0.15) is 5.75 Å². The Morgan fingerprint density at radius 2 is 1.88 bits per heavy atom. The van der Waals surface area contributed by atoms with Crippen LogP contribution >= 0.6 is 12.6 Å². The second-order valence-electron chi connectivity index (χ2n) is 4.49. The van der Waals surface area contributed by atoms with Crippen LogP contribution in [0.2, 0.25) is 0 Å². The molecule has 0 aromatic heterocycles. The van der Waals surface area contributed by atoms with Gasteiger partial charge in [0, 0.05) is 5.56 Å². The number of rotatable bonds is 4. The van der Waals surface area contributed by atoms with Crippen molar-refractivity contribution in [2.45, 2.75) is 25.1 Å². The number of methoxy groups -OCH3 is 1. The summed E-state index contributed by atoms with van der Waals surface area (Å²) in [6.45, 7) is 4.38. The largest absolute Gasteiger partial charge is 0.496 e. The normalized spacial score (nSPS) is 13.2. The Labute approximate surface area is 104 Å². The van der Waals surface area contributed by atoms with Crippen molar-refractivity contribution in [3.63, 3.8) is 0 Å². The summed E-state index contributed by atoms with van der Waals surface area (Å²) in [7, 11) is 5.72. The number of nitrogens with zero attached hydrogens (tertiary/aromatic N) is 1. The third-order valence-corrected chi connectivity index (χ3v) is 3.43. The van der Waals surface area contributed by atoms with E-state index < -0.39 is 0 Å². The van der Waals surface area contributed by atoms with Gasteiger partial charge in [-0.1, -0.05) is 19.9 Å². The Morgan fingerprint density at radius 3 is 2.31 bits per heavy atom. The minimum Gasteiger partial charge on any atom is -0.496 e. The van der Waals surface area contributed by atoms with Gasteiger partial charge in [-0.3, -0.25) is 4.90 Å². The van der Waals surface area contributed by atoms with Crippen molar-refractivity contribution in [2.24, 2.45) is 0 Å². The minimum absolute atomic E-state index is 0.0636. The third-order valence-electron chi connectivity index (χ3n) is 2.69. The predicted octanol–water partition coefficient (Wildman–Crippen LogP) is 3.31. The van der Waals surface area contributed by atoms with Crippen molar-refractivity contribution in [2.75, 3.05) is 21.2 Å². The Hall–Kier alpha value is -0.670. The van der Waals surface area contributed by atoms with Crippen molar-refractivity contribution in [1.29, 1.82) is 0 Å². The summed E-state index contributed by atoms with van der Waals surface area (Å²) < 4.78 is 5.38. The Bertz CT molecular complexity index is 350. The highest BCUT2D eigenvalue weighted by Crippen LogP contribution is 2.33. The van der Waals surface area contributed by atoms with Crippen LogP contribution in [0.4, 0.5) is 0 Å². The maximum atomic E-state index is 5.38. The molecule has 1 unspecified atom stereocenters. The van der Waals surface area contributed by atoms with Gasteiger partial charge in [0.2, 0.25) is 0 Å². The van der Waals surface area contributed by atoms with Crippen molar-refractivity contribution >= 4 is 12.6 Å². The third kappa shape index (κ3) is 2.92. The van der Waals surface area contributed by atoms with Gasteiger partial charge >= 0.3 is 0 Å². The average Bonchev–Trinajstić information content (AvgIpc) is 2.26. The van der Waals surface area contributed by atoms with Gasteiger partial charge in [-0.2, -0.15) is 12.6 Å². The van der Waals surface area contributed by atoms with Gasteiger partial charge < -0.3 is 4.74 Å². The van der Waals surface area contributed by atoms with E-state index in [1.807, 2.05) is 20.2 Å². The molecule has 0 saturated carbocycles. The Kier molecular flexibility index (Phi) is 4.69. The van der Waals surface area contributed by atoms with Crippen molar-refractivity contribution in [1.82, 2.24) is 4.90 Å². The van der Waals surface area contributed by atoms with E-state index in [1.165, 1.54) is 5.56 Å². The summed E-state index contributed by atoms with van der Waals surface area (Å²) in [6, 6.07) is 6.32. The van der Waals surface area contributed by atoms with Crippen LogP contribution in [-0.2, 0) is 0 Å². The van der Waals surface area contributed by atoms with E-state index in [-0.39, 0.29) is 5.37 Å². The first-order chi connectivity index (χ1) is 7.47. The molecular formula is C13H21NOS. The molecule has 16 heavy (non-hydrogen) atoms. The molecule has 0 saturated heterocycles. The van der Waals surface area contributed by atoms with Crippen LogP contribution in [0.3, 0.4) is 0 Å². The molecule has 2 nitrogen and oxygen atoms in total. The second-order valence-corrected chi connectivity index (χ2v) is 4.98. The molecule has 0 N–H and O–H groups in total. The fourth-order valence-electron chi connectivity index (χ4n) is 1.59. The highest BCUT2D eigenvalue weighted by atomic mass is 32.1. The SMILES string of the molecule is COc1ccc(C(C)C)cc1C(S)N(C)C. The van der Waals surface area contributed by atoms with Crippen LogP contribution in [0.25, 0.3) is 0 Å². The van der Waals surface area contributed by atoms with E-state index in [0.29, 0.717) is 5.92 Å². The topological polar surface area (TPSA) is 12.5 Å². The molecule has 0 amide bonds. The smallest absolute Gasteiger partial charge is 0.124 e. The molecule has 3 heteroatoms. The minimum atomic E-state index is 0.0636. The van der Waals surface area contributed by atoms with E-state index in [0.717, 1.165) is 11.3 Å². The molecule has 0 aliphatic rings. The van der Waals surface area contributed by atoms with Crippen LogP contribution in [-0.4, -0.2) is 26.1 Å². The molecule has 0 aliphatic heterocycles. The summed E-state index contributed by atoms with van der Waals surface area (Å²) in [4.78, 5) is 2.06. The molecule has 0 radical (unpaired) electrons. The molecule has 0 fully saturated rings. The summed E-state index contributed by atoms with van der Waals surface area (Å²) >= 11 is 4.60. The quantitative estimate of drug-likeness (QED) is 0.639. The summed E-state index contributed by atoms with van der Waals surface area (Å²) in [6.07, 6.45) is 0. The number of hydrogen-bond donors (Lipinski definition) is 1. The van der Waals surface area contributed by atoms with Gasteiger partial charge in [0.05, 0.1) is 12.5 Å². The zero-order valence-corrected chi connectivity index (χ0v) is 11.6. The van der Waals surface area contributed by atoms with Crippen LogP contribution < -0.4 is 4.74 Å². The van der Waals surface area contributed by atoms with Crippen molar-refractivity contribution in [3.8, 4) is 5.75 Å². The van der Waals surface area contributed by atoms with Gasteiger partial charge in [-0.25, -0.2) is 0 Å². The molecule has 0 spiro atoms. The number of hydrogen-bond acceptors (Lipinski definition) is 3. The van der Waals surface area contributed by atoms with Gasteiger partial charge in [0.15, 0.2) is 0 Å². The number of ether oxygens (including phenoxy) is 1. The highest BCUT2D eigenvalue weighted by Gasteiger charge is 2.15. The zero-order chi connectivity index (χ0) is 12.3. The molecule has 90 valence electrons. The molecule has 0 bridgehead atoms. The summed E-state index contributed by atoms with van der Waals surface area (Å²) in [5.74, 6) is 1.42. The fourth-order valence-corrected chi connectivity index (χ4v) is 1.79. The monoisotopic (exact) mass is 239 g/mol. The van der Waals surface area contributed by atoms with Crippen molar-refractivity contribution in [3.05, 3.63) is 29.3 Å².